The van der Waals surface area contributed by atoms with E-state index in [2.05, 4.69) is 6.92 Å². The fourth-order valence-corrected chi connectivity index (χ4v) is 7.52. The topological polar surface area (TPSA) is 101 Å². The summed E-state index contributed by atoms with van der Waals surface area (Å²) in [6, 6.07) is 0. The van der Waals surface area contributed by atoms with Gasteiger partial charge in [0.1, 0.15) is 5.60 Å². The summed E-state index contributed by atoms with van der Waals surface area (Å²) in [5.41, 5.74) is -1.36. The van der Waals surface area contributed by atoms with Crippen LogP contribution in [0.15, 0.2) is 11.6 Å². The number of ketones is 2. The Morgan fingerprint density at radius 2 is 1.93 bits per heavy atom. The average molecular weight is 419 g/mol. The first-order chi connectivity index (χ1) is 14.1. The second-order valence-corrected chi connectivity index (χ2v) is 10.4. The number of allylic oxidation sites excluding steroid dienone is 1. The van der Waals surface area contributed by atoms with E-state index in [0.717, 1.165) is 25.7 Å². The largest absolute Gasteiger partial charge is 0.458 e. The lowest BCUT2D eigenvalue weighted by Gasteiger charge is -2.60. The highest BCUT2D eigenvalue weighted by Gasteiger charge is 2.68. The predicted octanol–water partition coefficient (Wildman–Crippen LogP) is 2.74. The van der Waals surface area contributed by atoms with Crippen molar-refractivity contribution in [3.63, 3.8) is 0 Å². The maximum Gasteiger partial charge on any atom is 0.305 e. The molecule has 0 spiro atoms. The van der Waals surface area contributed by atoms with E-state index in [1.54, 1.807) is 13.0 Å². The van der Waals surface area contributed by atoms with Crippen LogP contribution in [0.4, 0.5) is 0 Å². The Morgan fingerprint density at radius 3 is 2.63 bits per heavy atom. The summed E-state index contributed by atoms with van der Waals surface area (Å²) in [6.45, 7) is 5.37. The van der Waals surface area contributed by atoms with Crippen molar-refractivity contribution in [2.24, 2.45) is 28.6 Å². The molecule has 0 aromatic carbocycles. The van der Waals surface area contributed by atoms with Crippen LogP contribution in [-0.2, 0) is 19.1 Å². The van der Waals surface area contributed by atoms with Crippen molar-refractivity contribution in [3.8, 4) is 0 Å². The Labute approximate surface area is 178 Å². The molecule has 3 fully saturated rings. The van der Waals surface area contributed by atoms with Gasteiger partial charge in [0.05, 0.1) is 6.10 Å². The van der Waals surface area contributed by atoms with Gasteiger partial charge in [0.15, 0.2) is 12.4 Å². The molecule has 4 aliphatic carbocycles. The fraction of sp³-hybridized carbons (Fsp3) is 0.792. The number of ether oxygens (including phenoxy) is 1. The van der Waals surface area contributed by atoms with Crippen molar-refractivity contribution in [1.82, 2.24) is 0 Å². The molecule has 0 unspecified atom stereocenters. The lowest BCUT2D eigenvalue weighted by molar-refractivity contribution is -0.184. The molecule has 0 heterocycles. The van der Waals surface area contributed by atoms with Crippen molar-refractivity contribution in [1.29, 1.82) is 0 Å². The Kier molecular flexibility index (Phi) is 5.25. The SMILES string of the molecule is CCC(=O)OCC(=O)[C@@]1(O)CC[C@H]2[C@@H]3CCC4=CC(=O)CC[C@]4(C)[C@H]3[C@H](O)C[C@@]21C. The number of Topliss-reactive ketones (excluding diaryl/α,β-unsaturated/α-hetero) is 1. The van der Waals surface area contributed by atoms with Crippen molar-refractivity contribution >= 4 is 17.5 Å². The second-order valence-electron chi connectivity index (χ2n) is 10.4. The number of esters is 1. The van der Waals surface area contributed by atoms with Gasteiger partial charge in [-0.25, -0.2) is 0 Å². The molecule has 0 bridgehead atoms. The zero-order chi connectivity index (χ0) is 21.9. The summed E-state index contributed by atoms with van der Waals surface area (Å²) in [7, 11) is 0. The lowest BCUT2D eigenvalue weighted by atomic mass is 9.45. The maximum absolute atomic E-state index is 13.0. The molecule has 6 nitrogen and oxygen atoms in total. The minimum atomic E-state index is -1.59. The summed E-state index contributed by atoms with van der Waals surface area (Å²) in [5.74, 6) is -0.364. The Bertz CT molecular complexity index is 802. The zero-order valence-corrected chi connectivity index (χ0v) is 18.3. The van der Waals surface area contributed by atoms with Crippen molar-refractivity contribution in [2.75, 3.05) is 6.61 Å². The third kappa shape index (κ3) is 2.94. The molecular formula is C24H34O6. The number of hydrogen-bond acceptors (Lipinski definition) is 6. The van der Waals surface area contributed by atoms with Crippen LogP contribution < -0.4 is 0 Å². The van der Waals surface area contributed by atoms with Gasteiger partial charge in [-0.3, -0.25) is 14.4 Å². The first-order valence-corrected chi connectivity index (χ1v) is 11.4. The highest BCUT2D eigenvalue weighted by atomic mass is 16.5. The number of fused-ring (bicyclic) bond motifs is 5. The Hall–Kier alpha value is -1.53. The van der Waals surface area contributed by atoms with Crippen LogP contribution in [0, 0.1) is 28.6 Å². The van der Waals surface area contributed by atoms with Gasteiger partial charge >= 0.3 is 5.97 Å². The number of rotatable bonds is 4. The van der Waals surface area contributed by atoms with Gasteiger partial charge in [-0.2, -0.15) is 0 Å². The third-order valence-electron chi connectivity index (χ3n) is 9.16. The first kappa shape index (κ1) is 21.7. The molecule has 7 atom stereocenters. The van der Waals surface area contributed by atoms with Crippen LogP contribution >= 0.6 is 0 Å². The van der Waals surface area contributed by atoms with E-state index in [-0.39, 0.29) is 35.4 Å². The summed E-state index contributed by atoms with van der Waals surface area (Å²) < 4.78 is 5.04. The molecule has 3 saturated carbocycles. The molecule has 4 aliphatic rings. The van der Waals surface area contributed by atoms with E-state index in [4.69, 9.17) is 4.74 Å². The van der Waals surface area contributed by atoms with Crippen molar-refractivity contribution in [2.45, 2.75) is 83.8 Å². The lowest BCUT2D eigenvalue weighted by Crippen LogP contribution is -2.62. The fourth-order valence-electron chi connectivity index (χ4n) is 7.52. The molecule has 0 aromatic heterocycles. The van der Waals surface area contributed by atoms with E-state index in [9.17, 15) is 24.6 Å². The van der Waals surface area contributed by atoms with E-state index in [1.165, 1.54) is 5.57 Å². The highest BCUT2D eigenvalue weighted by Crippen LogP contribution is 2.67. The molecule has 6 heteroatoms. The Balaban J connectivity index is 1.62. The van der Waals surface area contributed by atoms with E-state index in [0.29, 0.717) is 19.3 Å². The molecule has 166 valence electrons. The summed E-state index contributed by atoms with van der Waals surface area (Å²) >= 11 is 0. The highest BCUT2D eigenvalue weighted by molar-refractivity contribution is 5.92. The standard InChI is InChI=1S/C24H34O6/c1-4-20(28)30-13-19(27)24(29)10-8-17-16-6-5-14-11-15(25)7-9-22(14,2)21(16)18(26)12-23(17,24)3/h11,16-18,21,26,29H,4-10,12-13H2,1-3H3/t16-,17-,18+,21+,22-,23-,24-/m0/s1. The monoisotopic (exact) mass is 418 g/mol. The van der Waals surface area contributed by atoms with Gasteiger partial charge in [-0.15, -0.1) is 0 Å². The second kappa shape index (κ2) is 7.27. The van der Waals surface area contributed by atoms with Crippen molar-refractivity contribution in [3.05, 3.63) is 11.6 Å². The number of aliphatic hydroxyl groups excluding tert-OH is 1. The normalized spacial score (nSPS) is 45.1. The minimum Gasteiger partial charge on any atom is -0.458 e. The van der Waals surface area contributed by atoms with Crippen LogP contribution in [0.5, 0.6) is 0 Å². The number of hydrogen-bond donors (Lipinski definition) is 2. The zero-order valence-electron chi connectivity index (χ0n) is 18.3. The van der Waals surface area contributed by atoms with Gasteiger partial charge < -0.3 is 14.9 Å². The van der Waals surface area contributed by atoms with Crippen molar-refractivity contribution < 1.29 is 29.3 Å². The van der Waals surface area contributed by atoms with Gasteiger partial charge in [-0.1, -0.05) is 26.3 Å². The summed E-state index contributed by atoms with van der Waals surface area (Å²) in [4.78, 5) is 36.5. The average Bonchev–Trinajstić information content (AvgIpc) is 2.97. The van der Waals surface area contributed by atoms with Gasteiger partial charge in [0.25, 0.3) is 0 Å². The summed E-state index contributed by atoms with van der Waals surface area (Å²) in [6.07, 6.45) is 5.73. The molecule has 2 N–H and O–H groups in total. The van der Waals surface area contributed by atoms with Gasteiger partial charge in [0.2, 0.25) is 5.78 Å². The molecule has 0 saturated heterocycles. The number of aliphatic hydroxyl groups is 2. The van der Waals surface area contributed by atoms with Crippen LogP contribution in [0.3, 0.4) is 0 Å². The van der Waals surface area contributed by atoms with Crippen LogP contribution in [0.1, 0.15) is 72.1 Å². The smallest absolute Gasteiger partial charge is 0.305 e. The third-order valence-corrected chi connectivity index (χ3v) is 9.16. The molecule has 0 amide bonds. The van der Waals surface area contributed by atoms with E-state index in [1.807, 2.05) is 6.92 Å². The van der Waals surface area contributed by atoms with E-state index >= 15 is 0 Å². The van der Waals surface area contributed by atoms with Crippen LogP contribution in [0.25, 0.3) is 0 Å². The molecule has 4 rings (SSSR count). The number of carbonyl (C=O) groups excluding carboxylic acids is 3. The number of carbonyl (C=O) groups is 3. The molecule has 0 radical (unpaired) electrons. The maximum atomic E-state index is 13.0. The van der Waals surface area contributed by atoms with E-state index < -0.39 is 35.5 Å². The molecule has 0 aliphatic heterocycles. The van der Waals surface area contributed by atoms with Gasteiger partial charge in [0, 0.05) is 18.3 Å². The molecule has 0 aromatic rings. The van der Waals surface area contributed by atoms with Crippen LogP contribution in [-0.4, -0.2) is 46.1 Å². The quantitative estimate of drug-likeness (QED) is 0.681. The minimum absolute atomic E-state index is 0.0408. The summed E-state index contributed by atoms with van der Waals surface area (Å²) in [5, 5.41) is 22.9. The Morgan fingerprint density at radius 1 is 1.20 bits per heavy atom. The van der Waals surface area contributed by atoms with Gasteiger partial charge in [-0.05, 0) is 67.8 Å². The van der Waals surface area contributed by atoms with Crippen LogP contribution in [0.2, 0.25) is 0 Å². The molecule has 30 heavy (non-hydrogen) atoms. The molecular weight excluding hydrogens is 384 g/mol. The predicted molar refractivity (Wildman–Crippen MR) is 109 cm³/mol. The first-order valence-electron chi connectivity index (χ1n) is 11.4.